The van der Waals surface area contributed by atoms with Gasteiger partial charge in [-0.2, -0.15) is 13.2 Å². The minimum atomic E-state index is -4.56. The number of aliphatic hydroxyl groups is 1. The van der Waals surface area contributed by atoms with Gasteiger partial charge in [-0.15, -0.1) is 0 Å². The fraction of sp³-hybridized carbons (Fsp3) is 0.462. The first-order valence-electron chi connectivity index (χ1n) is 11.9. The van der Waals surface area contributed by atoms with Crippen LogP contribution in [-0.2, 0) is 11.0 Å². The van der Waals surface area contributed by atoms with Gasteiger partial charge in [0.15, 0.2) is 0 Å². The van der Waals surface area contributed by atoms with E-state index in [0.29, 0.717) is 25.0 Å². The van der Waals surface area contributed by atoms with E-state index in [1.165, 1.54) is 11.6 Å². The summed E-state index contributed by atoms with van der Waals surface area (Å²) in [4.78, 5) is 26.8. The molecule has 2 aromatic rings. The molecule has 6 nitrogen and oxygen atoms in total. The van der Waals surface area contributed by atoms with Crippen LogP contribution in [0.4, 0.5) is 13.2 Å². The number of hydrogen-bond donors (Lipinski definition) is 3. The van der Waals surface area contributed by atoms with Crippen LogP contribution in [-0.4, -0.2) is 59.6 Å². The van der Waals surface area contributed by atoms with Crippen molar-refractivity contribution in [1.29, 1.82) is 0 Å². The van der Waals surface area contributed by atoms with Crippen molar-refractivity contribution in [2.45, 2.75) is 56.0 Å². The van der Waals surface area contributed by atoms with Crippen molar-refractivity contribution in [3.63, 3.8) is 0 Å². The Morgan fingerprint density at radius 2 is 1.69 bits per heavy atom. The molecule has 0 aromatic heterocycles. The van der Waals surface area contributed by atoms with Gasteiger partial charge in [0.25, 0.3) is 5.91 Å². The highest BCUT2D eigenvalue weighted by atomic mass is 19.4. The zero-order valence-corrected chi connectivity index (χ0v) is 19.3. The van der Waals surface area contributed by atoms with Gasteiger partial charge in [0.05, 0.1) is 24.3 Å². The highest BCUT2D eigenvalue weighted by Gasteiger charge is 2.37. The second-order valence-corrected chi connectivity index (χ2v) is 9.37. The smallest absolute Gasteiger partial charge is 0.390 e. The highest BCUT2D eigenvalue weighted by Crippen LogP contribution is 2.35. The van der Waals surface area contributed by atoms with Gasteiger partial charge in [-0.05, 0) is 55.4 Å². The number of alkyl halides is 3. The number of nitrogens with zero attached hydrogens (tertiary/aromatic N) is 1. The van der Waals surface area contributed by atoms with Crippen LogP contribution in [0, 0.1) is 0 Å². The fourth-order valence-corrected chi connectivity index (χ4v) is 5.11. The van der Waals surface area contributed by atoms with Gasteiger partial charge in [0.1, 0.15) is 0 Å². The molecular formula is C26H30F3N3O3. The molecule has 1 aliphatic carbocycles. The Balaban J connectivity index is 1.23. The van der Waals surface area contributed by atoms with Crippen molar-refractivity contribution >= 4 is 11.8 Å². The number of β-amino-alcohol motifs (C(OH)–C–C–N with tert-alkyl or cyclic N) is 1. The Morgan fingerprint density at radius 1 is 0.971 bits per heavy atom. The van der Waals surface area contributed by atoms with Crippen LogP contribution < -0.4 is 10.6 Å². The molecular weight excluding hydrogens is 459 g/mol. The standard InChI is InChI=1S/C26H30F3N3O3/c27-26(28,29)20-8-4-7-19(13-20)25(35)30-14-24(34)31-22-15-32(16-23(22)33)21-11-9-18(10-12-21)17-5-2-1-3-6-17/h1-8,13,18,21-23,33H,9-12,14-16H2,(H,30,35)(H,31,34)/t18?,21?,22?,23-/m0/s1. The van der Waals surface area contributed by atoms with Crippen LogP contribution in [0.5, 0.6) is 0 Å². The maximum Gasteiger partial charge on any atom is 0.416 e. The van der Waals surface area contributed by atoms with Crippen LogP contribution in [0.3, 0.4) is 0 Å². The zero-order chi connectivity index (χ0) is 25.0. The third kappa shape index (κ3) is 6.41. The number of likely N-dealkylation sites (tertiary alicyclic amines) is 1. The summed E-state index contributed by atoms with van der Waals surface area (Å²) in [5.41, 5.74) is 0.261. The van der Waals surface area contributed by atoms with Crippen molar-refractivity contribution in [2.75, 3.05) is 19.6 Å². The summed E-state index contributed by atoms with van der Waals surface area (Å²) < 4.78 is 38.5. The average molecular weight is 490 g/mol. The first kappa shape index (κ1) is 25.2. The van der Waals surface area contributed by atoms with Gasteiger partial charge in [-0.3, -0.25) is 14.5 Å². The number of rotatable bonds is 6. The second kappa shape index (κ2) is 10.8. The van der Waals surface area contributed by atoms with Gasteiger partial charge in [0.2, 0.25) is 5.91 Å². The highest BCUT2D eigenvalue weighted by molar-refractivity contribution is 5.96. The number of hydrogen-bond acceptors (Lipinski definition) is 4. The summed E-state index contributed by atoms with van der Waals surface area (Å²) in [7, 11) is 0. The van der Waals surface area contributed by atoms with Gasteiger partial charge in [0, 0.05) is 24.7 Å². The van der Waals surface area contributed by atoms with Crippen molar-refractivity contribution < 1.29 is 27.9 Å². The predicted molar refractivity (Wildman–Crippen MR) is 125 cm³/mol. The van der Waals surface area contributed by atoms with Crippen molar-refractivity contribution in [3.8, 4) is 0 Å². The van der Waals surface area contributed by atoms with Gasteiger partial charge >= 0.3 is 6.18 Å². The molecule has 35 heavy (non-hydrogen) atoms. The maximum absolute atomic E-state index is 12.8. The normalized spacial score (nSPS) is 25.3. The monoisotopic (exact) mass is 489 g/mol. The quantitative estimate of drug-likeness (QED) is 0.582. The molecule has 0 bridgehead atoms. The molecule has 1 saturated carbocycles. The number of benzene rings is 2. The molecule has 1 heterocycles. The number of nitrogens with one attached hydrogen (secondary N) is 2. The molecule has 1 unspecified atom stereocenters. The average Bonchev–Trinajstić information content (AvgIpc) is 3.22. The summed E-state index contributed by atoms with van der Waals surface area (Å²) in [5.74, 6) is -0.713. The van der Waals surface area contributed by atoms with Crippen molar-refractivity contribution in [3.05, 3.63) is 71.3 Å². The van der Waals surface area contributed by atoms with Crippen LogP contribution in [0.15, 0.2) is 54.6 Å². The van der Waals surface area contributed by atoms with E-state index in [0.717, 1.165) is 43.9 Å². The zero-order valence-electron chi connectivity index (χ0n) is 19.3. The Bertz CT molecular complexity index is 1020. The first-order valence-corrected chi connectivity index (χ1v) is 11.9. The lowest BCUT2D eigenvalue weighted by Gasteiger charge is -2.34. The molecule has 1 aliphatic heterocycles. The van der Waals surface area contributed by atoms with E-state index in [4.69, 9.17) is 0 Å². The van der Waals surface area contributed by atoms with E-state index in [1.54, 1.807) is 0 Å². The predicted octanol–water partition coefficient (Wildman–Crippen LogP) is 3.32. The van der Waals surface area contributed by atoms with E-state index in [9.17, 15) is 27.9 Å². The number of carbonyl (C=O) groups is 2. The Kier molecular flexibility index (Phi) is 7.76. The van der Waals surface area contributed by atoms with E-state index >= 15 is 0 Å². The lowest BCUT2D eigenvalue weighted by atomic mass is 9.81. The Labute approximate surface area is 202 Å². The molecule has 2 aromatic carbocycles. The summed E-state index contributed by atoms with van der Waals surface area (Å²) >= 11 is 0. The molecule has 188 valence electrons. The van der Waals surface area contributed by atoms with Crippen molar-refractivity contribution in [1.82, 2.24) is 15.5 Å². The number of carbonyl (C=O) groups excluding carboxylic acids is 2. The van der Waals surface area contributed by atoms with E-state index in [1.807, 2.05) is 6.07 Å². The number of halogens is 3. The van der Waals surface area contributed by atoms with Gasteiger partial charge in [-0.25, -0.2) is 0 Å². The third-order valence-electron chi connectivity index (χ3n) is 7.01. The van der Waals surface area contributed by atoms with Crippen LogP contribution in [0.2, 0.25) is 0 Å². The lowest BCUT2D eigenvalue weighted by Crippen LogP contribution is -2.47. The Hall–Kier alpha value is -2.91. The molecule has 2 atom stereocenters. The van der Waals surface area contributed by atoms with Crippen molar-refractivity contribution in [2.24, 2.45) is 0 Å². The summed E-state index contributed by atoms with van der Waals surface area (Å²) in [5, 5.41) is 15.6. The van der Waals surface area contributed by atoms with E-state index < -0.39 is 35.7 Å². The first-order chi connectivity index (χ1) is 16.7. The number of aliphatic hydroxyl groups excluding tert-OH is 1. The Morgan fingerprint density at radius 3 is 2.37 bits per heavy atom. The SMILES string of the molecule is O=C(CNC(=O)c1cccc(C(F)(F)F)c1)NC1CN(C2CCC(c3ccccc3)CC2)C[C@@H]1O. The van der Waals surface area contributed by atoms with Crippen LogP contribution >= 0.6 is 0 Å². The molecule has 2 aliphatic rings. The molecule has 0 radical (unpaired) electrons. The topological polar surface area (TPSA) is 81.7 Å². The van der Waals surface area contributed by atoms with E-state index in [-0.39, 0.29) is 12.1 Å². The molecule has 3 N–H and O–H groups in total. The second-order valence-electron chi connectivity index (χ2n) is 9.37. The molecule has 0 spiro atoms. The largest absolute Gasteiger partial charge is 0.416 e. The molecule has 1 saturated heterocycles. The molecule has 9 heteroatoms. The minimum absolute atomic E-state index is 0.175. The molecule has 2 amide bonds. The maximum atomic E-state index is 12.8. The van der Waals surface area contributed by atoms with Gasteiger partial charge in [-0.1, -0.05) is 36.4 Å². The molecule has 4 rings (SSSR count). The summed E-state index contributed by atoms with van der Waals surface area (Å²) in [6.07, 6.45) is -1.05. The molecule has 2 fully saturated rings. The minimum Gasteiger partial charge on any atom is -0.390 e. The van der Waals surface area contributed by atoms with Crippen LogP contribution in [0.25, 0.3) is 0 Å². The fourth-order valence-electron chi connectivity index (χ4n) is 5.11. The van der Waals surface area contributed by atoms with E-state index in [2.05, 4.69) is 39.8 Å². The lowest BCUT2D eigenvalue weighted by molar-refractivity contribution is -0.137. The summed E-state index contributed by atoms with van der Waals surface area (Å²) in [6.45, 7) is 0.609. The van der Waals surface area contributed by atoms with Crippen LogP contribution in [0.1, 0.15) is 53.1 Å². The summed E-state index contributed by atoms with van der Waals surface area (Å²) in [6, 6.07) is 14.4. The third-order valence-corrected chi connectivity index (χ3v) is 7.01. The number of amides is 2. The van der Waals surface area contributed by atoms with Gasteiger partial charge < -0.3 is 15.7 Å².